The van der Waals surface area contributed by atoms with Crippen LogP contribution in [-0.4, -0.2) is 48.8 Å². The van der Waals surface area contributed by atoms with Gasteiger partial charge >= 0.3 is 0 Å². The Balaban J connectivity index is 1.36. The molecule has 0 amide bonds. The van der Waals surface area contributed by atoms with Crippen molar-refractivity contribution in [3.05, 3.63) is 30.1 Å². The summed E-state index contributed by atoms with van der Waals surface area (Å²) in [5.41, 5.74) is 1.43. The van der Waals surface area contributed by atoms with Crippen molar-refractivity contribution >= 4 is 0 Å². The quantitative estimate of drug-likeness (QED) is 0.837. The minimum atomic E-state index is 0.232. The second-order valence-electron chi connectivity index (χ2n) is 7.29. The Labute approximate surface area is 132 Å². The van der Waals surface area contributed by atoms with E-state index in [4.69, 9.17) is 9.47 Å². The van der Waals surface area contributed by atoms with E-state index in [1.54, 1.807) is 0 Å². The van der Waals surface area contributed by atoms with Gasteiger partial charge in [0.1, 0.15) is 0 Å². The third kappa shape index (κ3) is 2.80. The molecule has 4 heteroatoms. The summed E-state index contributed by atoms with van der Waals surface area (Å²) in [6.07, 6.45) is 9.26. The van der Waals surface area contributed by atoms with Gasteiger partial charge < -0.3 is 9.47 Å². The smallest absolute Gasteiger partial charge is 0.0718 e. The summed E-state index contributed by atoms with van der Waals surface area (Å²) in [6.45, 7) is 5.67. The van der Waals surface area contributed by atoms with E-state index in [-0.39, 0.29) is 5.41 Å². The van der Waals surface area contributed by atoms with Crippen LogP contribution in [0.1, 0.15) is 31.2 Å². The van der Waals surface area contributed by atoms with Crippen molar-refractivity contribution in [1.82, 2.24) is 9.88 Å². The summed E-state index contributed by atoms with van der Waals surface area (Å²) in [7, 11) is 0. The third-order valence-electron chi connectivity index (χ3n) is 5.80. The summed E-state index contributed by atoms with van der Waals surface area (Å²) in [5, 5.41) is 0. The first-order chi connectivity index (χ1) is 10.9. The predicted octanol–water partition coefficient (Wildman–Crippen LogP) is 2.49. The number of nitrogens with zero attached hydrogens (tertiary/aromatic N) is 2. The van der Waals surface area contributed by atoms with Crippen molar-refractivity contribution in [2.24, 2.45) is 11.3 Å². The molecule has 0 aromatic carbocycles. The lowest BCUT2D eigenvalue weighted by Gasteiger charge is -2.29. The van der Waals surface area contributed by atoms with Crippen molar-refractivity contribution in [3.63, 3.8) is 0 Å². The van der Waals surface area contributed by atoms with E-state index >= 15 is 0 Å². The van der Waals surface area contributed by atoms with Gasteiger partial charge in [-0.1, -0.05) is 12.8 Å². The van der Waals surface area contributed by atoms with Crippen LogP contribution in [0.4, 0.5) is 0 Å². The number of ether oxygens (including phenoxy) is 2. The van der Waals surface area contributed by atoms with Gasteiger partial charge in [-0.05, 0) is 30.5 Å². The van der Waals surface area contributed by atoms with E-state index < -0.39 is 0 Å². The molecular weight excluding hydrogens is 276 g/mol. The predicted molar refractivity (Wildman–Crippen MR) is 84.5 cm³/mol. The number of aromatic nitrogens is 1. The molecule has 22 heavy (non-hydrogen) atoms. The molecule has 1 aliphatic carbocycles. The highest BCUT2D eigenvalue weighted by atomic mass is 16.5. The maximum Gasteiger partial charge on any atom is 0.0718 e. The number of rotatable bonds is 5. The van der Waals surface area contributed by atoms with Crippen LogP contribution in [-0.2, 0) is 16.1 Å². The van der Waals surface area contributed by atoms with E-state index in [0.717, 1.165) is 25.9 Å². The fraction of sp³-hybridized carbons (Fsp3) is 0.722. The third-order valence-corrected chi connectivity index (χ3v) is 5.80. The van der Waals surface area contributed by atoms with Gasteiger partial charge in [0.25, 0.3) is 0 Å². The molecule has 0 spiro atoms. The highest BCUT2D eigenvalue weighted by Gasteiger charge is 2.52. The molecule has 1 saturated carbocycles. The zero-order chi connectivity index (χ0) is 14.8. The Kier molecular flexibility index (Phi) is 4.16. The highest BCUT2D eigenvalue weighted by molar-refractivity contribution is 5.08. The molecule has 0 radical (unpaired) electrons. The van der Waals surface area contributed by atoms with E-state index in [1.165, 1.54) is 44.3 Å². The van der Waals surface area contributed by atoms with Gasteiger partial charge in [0, 0.05) is 42.9 Å². The van der Waals surface area contributed by atoms with Gasteiger partial charge in [0.2, 0.25) is 0 Å². The summed E-state index contributed by atoms with van der Waals surface area (Å²) >= 11 is 0. The van der Waals surface area contributed by atoms with Crippen molar-refractivity contribution in [2.45, 2.75) is 38.3 Å². The first-order valence-corrected chi connectivity index (χ1v) is 8.64. The number of hydrogen-bond acceptors (Lipinski definition) is 4. The normalized spacial score (nSPS) is 32.6. The molecule has 1 aromatic heterocycles. The first kappa shape index (κ1) is 14.6. The number of fused-ring (bicyclic) bond motifs is 1. The first-order valence-electron chi connectivity index (χ1n) is 8.64. The van der Waals surface area contributed by atoms with Gasteiger partial charge in [-0.3, -0.25) is 9.88 Å². The number of likely N-dealkylation sites (tertiary alicyclic amines) is 1. The van der Waals surface area contributed by atoms with Gasteiger partial charge in [0.15, 0.2) is 0 Å². The molecule has 0 bridgehead atoms. The summed E-state index contributed by atoms with van der Waals surface area (Å²) in [4.78, 5) is 6.79. The molecule has 3 aliphatic rings. The Bertz CT molecular complexity index is 489. The lowest BCUT2D eigenvalue weighted by Crippen LogP contribution is -2.38. The summed E-state index contributed by atoms with van der Waals surface area (Å²) in [6, 6.07) is 4.88. The maximum atomic E-state index is 6.08. The Morgan fingerprint density at radius 3 is 2.91 bits per heavy atom. The van der Waals surface area contributed by atoms with E-state index in [2.05, 4.69) is 9.88 Å². The largest absolute Gasteiger partial charge is 0.380 e. The van der Waals surface area contributed by atoms with Gasteiger partial charge in [-0.25, -0.2) is 0 Å². The van der Waals surface area contributed by atoms with Crippen LogP contribution < -0.4 is 0 Å². The SMILES string of the molecule is c1cc(COC[C@]23COC[C@H]2CN(C2CCCC2)C3)ccn1. The minimum absolute atomic E-state index is 0.232. The standard InChI is InChI=1S/C18H26N2O2/c1-2-4-17(3-1)20-9-16-11-22-14-18(16,12-20)13-21-10-15-5-7-19-8-6-15/h5-8,16-17H,1-4,9-14H2/t16-,18-/m1/s1. The molecule has 0 unspecified atom stereocenters. The zero-order valence-corrected chi connectivity index (χ0v) is 13.2. The van der Waals surface area contributed by atoms with Gasteiger partial charge in [-0.15, -0.1) is 0 Å². The molecule has 2 aliphatic heterocycles. The summed E-state index contributed by atoms with van der Waals surface area (Å²) < 4.78 is 11.9. The van der Waals surface area contributed by atoms with Crippen LogP contribution in [0.25, 0.3) is 0 Å². The van der Waals surface area contributed by atoms with E-state index in [1.807, 2.05) is 24.5 Å². The maximum absolute atomic E-state index is 6.08. The van der Waals surface area contributed by atoms with Crippen molar-refractivity contribution < 1.29 is 9.47 Å². The van der Waals surface area contributed by atoms with E-state index in [0.29, 0.717) is 12.5 Å². The second-order valence-corrected chi connectivity index (χ2v) is 7.29. The molecule has 3 fully saturated rings. The highest BCUT2D eigenvalue weighted by Crippen LogP contribution is 2.44. The van der Waals surface area contributed by atoms with Crippen molar-refractivity contribution in [1.29, 1.82) is 0 Å². The molecule has 3 heterocycles. The van der Waals surface area contributed by atoms with E-state index in [9.17, 15) is 0 Å². The molecule has 1 aromatic rings. The Morgan fingerprint density at radius 2 is 2.09 bits per heavy atom. The Morgan fingerprint density at radius 1 is 1.27 bits per heavy atom. The van der Waals surface area contributed by atoms with Gasteiger partial charge in [0.05, 0.1) is 26.4 Å². The Hall–Kier alpha value is -0.970. The lowest BCUT2D eigenvalue weighted by molar-refractivity contribution is 0.0160. The monoisotopic (exact) mass is 302 g/mol. The summed E-state index contributed by atoms with van der Waals surface area (Å²) in [5.74, 6) is 0.658. The molecule has 2 saturated heterocycles. The topological polar surface area (TPSA) is 34.6 Å². The molecule has 2 atom stereocenters. The van der Waals surface area contributed by atoms with Crippen LogP contribution >= 0.6 is 0 Å². The average Bonchev–Trinajstić information content (AvgIpc) is 3.23. The molecule has 4 nitrogen and oxygen atoms in total. The minimum Gasteiger partial charge on any atom is -0.380 e. The molecule has 0 N–H and O–H groups in total. The van der Waals surface area contributed by atoms with Crippen molar-refractivity contribution in [3.8, 4) is 0 Å². The number of hydrogen-bond donors (Lipinski definition) is 0. The number of pyridine rings is 1. The van der Waals surface area contributed by atoms with Gasteiger partial charge in [-0.2, -0.15) is 0 Å². The molecule has 4 rings (SSSR count). The molecule has 120 valence electrons. The molecular formula is C18H26N2O2. The van der Waals surface area contributed by atoms with Crippen LogP contribution in [0, 0.1) is 11.3 Å². The second kappa shape index (κ2) is 6.26. The average molecular weight is 302 g/mol. The fourth-order valence-corrected chi connectivity index (χ4v) is 4.48. The van der Waals surface area contributed by atoms with Crippen molar-refractivity contribution in [2.75, 3.05) is 32.9 Å². The zero-order valence-electron chi connectivity index (χ0n) is 13.2. The van der Waals surface area contributed by atoms with Crippen LogP contribution in [0.2, 0.25) is 0 Å². The fourth-order valence-electron chi connectivity index (χ4n) is 4.48. The lowest BCUT2D eigenvalue weighted by atomic mass is 9.82. The van der Waals surface area contributed by atoms with Crippen LogP contribution in [0.5, 0.6) is 0 Å². The van der Waals surface area contributed by atoms with Crippen LogP contribution in [0.3, 0.4) is 0 Å². The van der Waals surface area contributed by atoms with Crippen LogP contribution in [0.15, 0.2) is 24.5 Å².